The molecule has 1 aromatic carbocycles. The Balaban J connectivity index is 2.42. The van der Waals surface area contributed by atoms with Gasteiger partial charge in [0.1, 0.15) is 0 Å². The van der Waals surface area contributed by atoms with Crippen LogP contribution < -0.4 is 0 Å². The standard InChI is InChI=1S/C21H30O2/c1-14(2)16-7-10-19-17(13-16)8-9-18(15(3)4)21(19,5)12-11-20(22)23-6/h7,10,13-14,18H,3,8-9,11-12H2,1-2,4-6H3. The summed E-state index contributed by atoms with van der Waals surface area (Å²) in [6.07, 6.45) is 3.48. The van der Waals surface area contributed by atoms with E-state index in [2.05, 4.69) is 52.5 Å². The number of ether oxygens (including phenoxy) is 1. The maximum Gasteiger partial charge on any atom is 0.305 e. The highest BCUT2D eigenvalue weighted by atomic mass is 16.5. The number of aryl methyl sites for hydroxylation is 1. The summed E-state index contributed by atoms with van der Waals surface area (Å²) in [7, 11) is 1.46. The van der Waals surface area contributed by atoms with Gasteiger partial charge in [0.2, 0.25) is 0 Å². The summed E-state index contributed by atoms with van der Waals surface area (Å²) in [5.41, 5.74) is 5.42. The minimum Gasteiger partial charge on any atom is -0.469 e. The molecule has 0 N–H and O–H groups in total. The van der Waals surface area contributed by atoms with Crippen LogP contribution in [0.2, 0.25) is 0 Å². The highest BCUT2D eigenvalue weighted by molar-refractivity contribution is 5.69. The van der Waals surface area contributed by atoms with Gasteiger partial charge in [0.15, 0.2) is 0 Å². The van der Waals surface area contributed by atoms with Gasteiger partial charge < -0.3 is 4.74 Å². The smallest absolute Gasteiger partial charge is 0.305 e. The normalized spacial score (nSPS) is 23.5. The Bertz CT molecular complexity index is 600. The minimum absolute atomic E-state index is 0.0386. The van der Waals surface area contributed by atoms with Gasteiger partial charge in [0.05, 0.1) is 7.11 Å². The third kappa shape index (κ3) is 3.52. The summed E-state index contributed by atoms with van der Waals surface area (Å²) in [4.78, 5) is 11.7. The van der Waals surface area contributed by atoms with Gasteiger partial charge in [-0.25, -0.2) is 0 Å². The summed E-state index contributed by atoms with van der Waals surface area (Å²) >= 11 is 0. The molecule has 126 valence electrons. The van der Waals surface area contributed by atoms with Crippen LogP contribution in [0.25, 0.3) is 0 Å². The second-order valence-corrected chi connectivity index (χ2v) is 7.50. The number of fused-ring (bicyclic) bond motifs is 1. The van der Waals surface area contributed by atoms with Crippen LogP contribution in [0.15, 0.2) is 30.4 Å². The molecule has 2 rings (SSSR count). The van der Waals surface area contributed by atoms with Gasteiger partial charge in [-0.05, 0) is 60.1 Å². The van der Waals surface area contributed by atoms with Crippen LogP contribution in [0.5, 0.6) is 0 Å². The van der Waals surface area contributed by atoms with Gasteiger partial charge in [-0.3, -0.25) is 4.79 Å². The number of hydrogen-bond acceptors (Lipinski definition) is 2. The molecule has 0 saturated heterocycles. The van der Waals surface area contributed by atoms with Crippen LogP contribution in [0.4, 0.5) is 0 Å². The van der Waals surface area contributed by atoms with Crippen LogP contribution in [0.1, 0.15) is 69.6 Å². The molecular formula is C21H30O2. The highest BCUT2D eigenvalue weighted by Crippen LogP contribution is 2.47. The molecule has 0 aromatic heterocycles. The summed E-state index contributed by atoms with van der Waals surface area (Å²) < 4.78 is 4.86. The van der Waals surface area contributed by atoms with E-state index in [0.29, 0.717) is 18.3 Å². The first-order valence-electron chi connectivity index (χ1n) is 8.65. The fourth-order valence-electron chi connectivity index (χ4n) is 4.11. The highest BCUT2D eigenvalue weighted by Gasteiger charge is 2.40. The van der Waals surface area contributed by atoms with Gasteiger partial charge in [-0.2, -0.15) is 0 Å². The van der Waals surface area contributed by atoms with E-state index >= 15 is 0 Å². The van der Waals surface area contributed by atoms with E-state index in [4.69, 9.17) is 4.74 Å². The molecule has 1 aromatic rings. The largest absolute Gasteiger partial charge is 0.469 e. The zero-order valence-corrected chi connectivity index (χ0v) is 15.2. The van der Waals surface area contributed by atoms with E-state index in [9.17, 15) is 4.79 Å². The molecule has 2 atom stereocenters. The summed E-state index contributed by atoms with van der Waals surface area (Å²) in [6.45, 7) is 13.1. The first kappa shape index (κ1) is 17.8. The van der Waals surface area contributed by atoms with E-state index < -0.39 is 0 Å². The van der Waals surface area contributed by atoms with Crippen molar-refractivity contribution in [1.82, 2.24) is 0 Å². The van der Waals surface area contributed by atoms with Gasteiger partial charge in [0.25, 0.3) is 0 Å². The van der Waals surface area contributed by atoms with Crippen molar-refractivity contribution in [2.45, 2.75) is 64.7 Å². The second kappa shape index (κ2) is 6.90. The number of methoxy groups -OCH3 is 1. The van der Waals surface area contributed by atoms with Crippen molar-refractivity contribution in [2.24, 2.45) is 5.92 Å². The van der Waals surface area contributed by atoms with Crippen molar-refractivity contribution in [3.63, 3.8) is 0 Å². The molecule has 0 bridgehead atoms. The number of hydrogen-bond donors (Lipinski definition) is 0. The lowest BCUT2D eigenvalue weighted by Gasteiger charge is -2.44. The third-order valence-electron chi connectivity index (χ3n) is 5.55. The molecule has 1 aliphatic carbocycles. The Morgan fingerprint density at radius 1 is 1.43 bits per heavy atom. The molecular weight excluding hydrogens is 284 g/mol. The zero-order valence-electron chi connectivity index (χ0n) is 15.2. The summed E-state index contributed by atoms with van der Waals surface area (Å²) in [5.74, 6) is 0.836. The van der Waals surface area contributed by atoms with Crippen LogP contribution in [-0.2, 0) is 21.4 Å². The summed E-state index contributed by atoms with van der Waals surface area (Å²) in [6, 6.07) is 6.91. The molecule has 2 unspecified atom stereocenters. The van der Waals surface area contributed by atoms with Gasteiger partial charge in [-0.1, -0.05) is 51.1 Å². The van der Waals surface area contributed by atoms with E-state index in [-0.39, 0.29) is 11.4 Å². The number of esters is 1. The third-order valence-corrected chi connectivity index (χ3v) is 5.55. The molecule has 23 heavy (non-hydrogen) atoms. The predicted molar refractivity (Wildman–Crippen MR) is 95.8 cm³/mol. The van der Waals surface area contributed by atoms with E-state index in [0.717, 1.165) is 19.3 Å². The quantitative estimate of drug-likeness (QED) is 0.554. The predicted octanol–water partition coefficient (Wildman–Crippen LogP) is 5.16. The second-order valence-electron chi connectivity index (χ2n) is 7.50. The molecule has 0 amide bonds. The van der Waals surface area contributed by atoms with Crippen molar-refractivity contribution < 1.29 is 9.53 Å². The average molecular weight is 314 g/mol. The molecule has 0 saturated carbocycles. The summed E-state index contributed by atoms with van der Waals surface area (Å²) in [5, 5.41) is 0. The van der Waals surface area contributed by atoms with E-state index in [1.165, 1.54) is 29.4 Å². The molecule has 0 heterocycles. The fourth-order valence-corrected chi connectivity index (χ4v) is 4.11. The number of carbonyl (C=O) groups is 1. The van der Waals surface area contributed by atoms with Crippen molar-refractivity contribution in [3.05, 3.63) is 47.0 Å². The van der Waals surface area contributed by atoms with Crippen LogP contribution in [0, 0.1) is 5.92 Å². The van der Waals surface area contributed by atoms with Crippen LogP contribution >= 0.6 is 0 Å². The van der Waals surface area contributed by atoms with Crippen molar-refractivity contribution in [2.75, 3.05) is 7.11 Å². The molecule has 0 radical (unpaired) electrons. The maximum atomic E-state index is 11.7. The van der Waals surface area contributed by atoms with Crippen molar-refractivity contribution >= 4 is 5.97 Å². The molecule has 0 aliphatic heterocycles. The number of rotatable bonds is 5. The zero-order chi connectivity index (χ0) is 17.2. The topological polar surface area (TPSA) is 26.3 Å². The molecule has 0 fully saturated rings. The average Bonchev–Trinajstić information content (AvgIpc) is 2.52. The fraction of sp³-hybridized carbons (Fsp3) is 0.571. The number of carbonyl (C=O) groups excluding carboxylic acids is 1. The lowest BCUT2D eigenvalue weighted by Crippen LogP contribution is -2.38. The molecule has 1 aliphatic rings. The van der Waals surface area contributed by atoms with E-state index in [1.807, 2.05) is 0 Å². The Morgan fingerprint density at radius 2 is 2.13 bits per heavy atom. The minimum atomic E-state index is -0.127. The maximum absolute atomic E-state index is 11.7. The Labute approximate surface area is 140 Å². The monoisotopic (exact) mass is 314 g/mol. The van der Waals surface area contributed by atoms with Crippen molar-refractivity contribution in [3.8, 4) is 0 Å². The lowest BCUT2D eigenvalue weighted by molar-refractivity contribution is -0.141. The first-order valence-corrected chi connectivity index (χ1v) is 8.65. The first-order chi connectivity index (χ1) is 10.8. The van der Waals surface area contributed by atoms with Crippen LogP contribution in [-0.4, -0.2) is 13.1 Å². The van der Waals surface area contributed by atoms with E-state index in [1.54, 1.807) is 0 Å². The SMILES string of the molecule is C=C(C)C1CCc2cc(C(C)C)ccc2C1(C)CCC(=O)OC. The molecule has 2 heteroatoms. The number of allylic oxidation sites excluding steroid dienone is 1. The van der Waals surface area contributed by atoms with Gasteiger partial charge in [-0.15, -0.1) is 0 Å². The number of benzene rings is 1. The van der Waals surface area contributed by atoms with Gasteiger partial charge >= 0.3 is 5.97 Å². The van der Waals surface area contributed by atoms with Crippen LogP contribution in [0.3, 0.4) is 0 Å². The Morgan fingerprint density at radius 3 is 2.70 bits per heavy atom. The molecule has 2 nitrogen and oxygen atoms in total. The van der Waals surface area contributed by atoms with Crippen molar-refractivity contribution in [1.29, 1.82) is 0 Å². The van der Waals surface area contributed by atoms with Gasteiger partial charge in [0, 0.05) is 6.42 Å². The Hall–Kier alpha value is -1.57. The lowest BCUT2D eigenvalue weighted by atomic mass is 9.60. The molecule has 0 spiro atoms. The Kier molecular flexibility index (Phi) is 5.33.